The first kappa shape index (κ1) is 20.0. The predicted molar refractivity (Wildman–Crippen MR) is 102 cm³/mol. The van der Waals surface area contributed by atoms with Crippen LogP contribution in [0.25, 0.3) is 0 Å². The van der Waals surface area contributed by atoms with Crippen LogP contribution >= 0.6 is 0 Å². The maximum absolute atomic E-state index is 13.7. The summed E-state index contributed by atoms with van der Waals surface area (Å²) in [6, 6.07) is 11.3. The Balaban J connectivity index is 1.69. The number of carbonyl (C=O) groups is 1. The van der Waals surface area contributed by atoms with E-state index >= 15 is 0 Å². The van der Waals surface area contributed by atoms with Crippen LogP contribution in [0, 0.1) is 36.4 Å². The first-order valence-corrected chi connectivity index (χ1v) is 9.73. The fraction of sp³-hybridized carbons (Fsp3) is 0.300. The van der Waals surface area contributed by atoms with E-state index in [1.165, 1.54) is 12.1 Å². The molecule has 6 nitrogen and oxygen atoms in total. The van der Waals surface area contributed by atoms with Crippen LogP contribution in [0.3, 0.4) is 0 Å². The van der Waals surface area contributed by atoms with Crippen molar-refractivity contribution in [1.29, 1.82) is 5.26 Å². The number of hydrogen-bond donors (Lipinski definition) is 1. The molecule has 0 radical (unpaired) electrons. The Bertz CT molecular complexity index is 997. The van der Waals surface area contributed by atoms with E-state index < -0.39 is 28.1 Å². The van der Waals surface area contributed by atoms with Crippen molar-refractivity contribution in [3.63, 3.8) is 0 Å². The van der Waals surface area contributed by atoms with E-state index in [4.69, 9.17) is 15.7 Å². The molecular formula is C20H20FN3O3S. The molecule has 1 heterocycles. The highest BCUT2D eigenvalue weighted by Gasteiger charge is 2.51. The number of benzene rings is 2. The van der Waals surface area contributed by atoms with Crippen LogP contribution in [0.1, 0.15) is 16.7 Å². The Kier molecular flexibility index (Phi) is 5.49. The Morgan fingerprint density at radius 1 is 1.32 bits per heavy atom. The highest BCUT2D eigenvalue weighted by Crippen LogP contribution is 2.35. The van der Waals surface area contributed by atoms with Gasteiger partial charge >= 0.3 is 0 Å². The van der Waals surface area contributed by atoms with Crippen molar-refractivity contribution in [2.45, 2.75) is 18.7 Å². The van der Waals surface area contributed by atoms with Crippen molar-refractivity contribution in [3.05, 3.63) is 58.9 Å². The number of primary amides is 1. The van der Waals surface area contributed by atoms with Gasteiger partial charge in [0.15, 0.2) is 0 Å². The molecule has 1 saturated heterocycles. The van der Waals surface area contributed by atoms with Gasteiger partial charge in [0.05, 0.1) is 10.5 Å². The summed E-state index contributed by atoms with van der Waals surface area (Å²) in [5.41, 5.74) is 6.47. The summed E-state index contributed by atoms with van der Waals surface area (Å²) in [7, 11) is -1.41. The average molecular weight is 401 g/mol. The quantitative estimate of drug-likeness (QED) is 0.803. The second-order valence-electron chi connectivity index (χ2n) is 7.00. The van der Waals surface area contributed by atoms with Crippen LogP contribution in [0.4, 0.5) is 4.39 Å². The lowest BCUT2D eigenvalue weighted by molar-refractivity contribution is -0.136. The molecule has 1 fully saturated rings. The first-order chi connectivity index (χ1) is 13.3. The van der Waals surface area contributed by atoms with Gasteiger partial charge in [-0.15, -0.1) is 0 Å². The van der Waals surface area contributed by atoms with E-state index in [9.17, 15) is 13.4 Å². The van der Waals surface area contributed by atoms with Gasteiger partial charge in [0.25, 0.3) is 0 Å². The summed E-state index contributed by atoms with van der Waals surface area (Å²) in [5.74, 6) is -1.05. The van der Waals surface area contributed by atoms with Crippen LogP contribution in [-0.2, 0) is 15.8 Å². The number of aryl methyl sites for hydroxylation is 2. The lowest BCUT2D eigenvalue weighted by Crippen LogP contribution is -2.65. The van der Waals surface area contributed by atoms with Crippen molar-refractivity contribution >= 4 is 16.9 Å². The summed E-state index contributed by atoms with van der Waals surface area (Å²) in [5, 5.41) is 8.77. The van der Waals surface area contributed by atoms with Gasteiger partial charge < -0.3 is 10.5 Å². The van der Waals surface area contributed by atoms with Crippen molar-refractivity contribution in [2.24, 2.45) is 11.1 Å². The predicted octanol–water partition coefficient (Wildman–Crippen LogP) is 2.20. The SMILES string of the molecule is Cc1ccc(S(=O)N2CC(COc3ccc(C#N)c(F)c3)(C(N)=O)C2)c(C)c1. The van der Waals surface area contributed by atoms with Crippen molar-refractivity contribution < 1.29 is 18.1 Å². The van der Waals surface area contributed by atoms with E-state index in [0.29, 0.717) is 4.90 Å². The lowest BCUT2D eigenvalue weighted by atomic mass is 9.82. The summed E-state index contributed by atoms with van der Waals surface area (Å²) in [6.07, 6.45) is 0. The number of amides is 1. The van der Waals surface area contributed by atoms with Crippen LogP contribution in [0.15, 0.2) is 41.3 Å². The Morgan fingerprint density at radius 2 is 2.04 bits per heavy atom. The number of hydrogen-bond acceptors (Lipinski definition) is 4. The number of nitriles is 1. The van der Waals surface area contributed by atoms with Gasteiger partial charge in [-0.2, -0.15) is 5.26 Å². The van der Waals surface area contributed by atoms with E-state index in [1.807, 2.05) is 32.0 Å². The number of nitrogens with zero attached hydrogens (tertiary/aromatic N) is 2. The molecule has 2 aromatic carbocycles. The Hall–Kier alpha value is -2.76. The number of ether oxygens (including phenoxy) is 1. The molecule has 3 rings (SSSR count). The molecule has 28 heavy (non-hydrogen) atoms. The Morgan fingerprint density at radius 3 is 2.61 bits per heavy atom. The molecule has 0 aromatic heterocycles. The van der Waals surface area contributed by atoms with Crippen LogP contribution in [0.5, 0.6) is 5.75 Å². The fourth-order valence-corrected chi connectivity index (χ4v) is 4.62. The third-order valence-corrected chi connectivity index (χ3v) is 6.37. The third kappa shape index (κ3) is 3.77. The summed E-state index contributed by atoms with van der Waals surface area (Å²) < 4.78 is 33.7. The molecule has 2 aromatic rings. The van der Waals surface area contributed by atoms with E-state index in [1.54, 1.807) is 10.4 Å². The molecule has 2 N–H and O–H groups in total. The molecule has 1 aliphatic rings. The minimum Gasteiger partial charge on any atom is -0.492 e. The maximum Gasteiger partial charge on any atom is 0.229 e. The molecule has 1 unspecified atom stereocenters. The third-order valence-electron chi connectivity index (χ3n) is 4.81. The van der Waals surface area contributed by atoms with Crippen molar-refractivity contribution in [1.82, 2.24) is 4.31 Å². The molecule has 1 amide bonds. The standard InChI is InChI=1S/C20H20FN3O3S/c1-13-3-6-18(14(2)7-13)28(26)24-10-20(11-24,19(23)25)12-27-16-5-4-15(9-22)17(21)8-16/h3-8H,10-12H2,1-2H3,(H2,23,25). The van der Waals surface area contributed by atoms with Crippen molar-refractivity contribution in [2.75, 3.05) is 19.7 Å². The van der Waals surface area contributed by atoms with Gasteiger partial charge in [-0.05, 0) is 37.6 Å². The lowest BCUT2D eigenvalue weighted by Gasteiger charge is -2.46. The Labute approximate surface area is 165 Å². The summed E-state index contributed by atoms with van der Waals surface area (Å²) >= 11 is 0. The zero-order valence-electron chi connectivity index (χ0n) is 15.6. The van der Waals surface area contributed by atoms with Gasteiger partial charge in [-0.25, -0.2) is 12.9 Å². The molecular weight excluding hydrogens is 381 g/mol. The smallest absolute Gasteiger partial charge is 0.229 e. The second kappa shape index (κ2) is 7.70. The van der Waals surface area contributed by atoms with Gasteiger partial charge in [-0.3, -0.25) is 4.79 Å². The molecule has 8 heteroatoms. The highest BCUT2D eigenvalue weighted by molar-refractivity contribution is 7.82. The van der Waals surface area contributed by atoms with Crippen LogP contribution in [-0.4, -0.2) is 34.1 Å². The second-order valence-corrected chi connectivity index (χ2v) is 8.46. The van der Waals surface area contributed by atoms with E-state index in [-0.39, 0.29) is 31.0 Å². The van der Waals surface area contributed by atoms with Gasteiger partial charge in [0.2, 0.25) is 5.91 Å². The topological polar surface area (TPSA) is 96.4 Å². The van der Waals surface area contributed by atoms with Crippen LogP contribution in [0.2, 0.25) is 0 Å². The minimum atomic E-state index is -1.41. The molecule has 0 bridgehead atoms. The van der Waals surface area contributed by atoms with Crippen molar-refractivity contribution in [3.8, 4) is 11.8 Å². The number of carbonyl (C=O) groups excluding carboxylic acids is 1. The number of nitrogens with two attached hydrogens (primary N) is 1. The van der Waals surface area contributed by atoms with Gasteiger partial charge in [0.1, 0.15) is 40.6 Å². The first-order valence-electron chi connectivity index (χ1n) is 8.62. The summed E-state index contributed by atoms with van der Waals surface area (Å²) in [4.78, 5) is 12.7. The largest absolute Gasteiger partial charge is 0.492 e. The number of halogens is 1. The molecule has 1 aliphatic heterocycles. The van der Waals surface area contributed by atoms with E-state index in [2.05, 4.69) is 0 Å². The zero-order valence-corrected chi connectivity index (χ0v) is 16.4. The molecule has 146 valence electrons. The highest BCUT2D eigenvalue weighted by atomic mass is 32.2. The zero-order chi connectivity index (χ0) is 20.5. The molecule has 0 saturated carbocycles. The van der Waals surface area contributed by atoms with E-state index in [0.717, 1.165) is 17.2 Å². The fourth-order valence-electron chi connectivity index (χ4n) is 3.10. The maximum atomic E-state index is 13.7. The van der Waals surface area contributed by atoms with Crippen LogP contribution < -0.4 is 10.5 Å². The monoisotopic (exact) mass is 401 g/mol. The van der Waals surface area contributed by atoms with Gasteiger partial charge in [-0.1, -0.05) is 17.7 Å². The normalized spacial score (nSPS) is 16.6. The minimum absolute atomic E-state index is 0.0613. The molecule has 1 atom stereocenters. The number of rotatable bonds is 6. The summed E-state index contributed by atoms with van der Waals surface area (Å²) in [6.45, 7) is 4.16. The van der Waals surface area contributed by atoms with Gasteiger partial charge in [0, 0.05) is 19.2 Å². The molecule has 0 spiro atoms. The molecule has 0 aliphatic carbocycles. The average Bonchev–Trinajstić information content (AvgIpc) is 2.60.